The number of rotatable bonds is 12. The van der Waals surface area contributed by atoms with Gasteiger partial charge in [0.05, 0.1) is 21.8 Å². The van der Waals surface area contributed by atoms with Crippen molar-refractivity contribution in [3.05, 3.63) is 224 Å². The molecule has 0 saturated carbocycles. The fourth-order valence-corrected chi connectivity index (χ4v) is 12.6. The summed E-state index contributed by atoms with van der Waals surface area (Å²) in [7, 11) is -15.2. The number of halogens is 4. The Bertz CT molecular complexity index is 2550. The van der Waals surface area contributed by atoms with Gasteiger partial charge in [0.2, 0.25) is 0 Å². The van der Waals surface area contributed by atoms with Gasteiger partial charge in [-0.25, -0.2) is 55.9 Å². The third kappa shape index (κ3) is 21.7. The molecule has 376 valence electrons. The third-order valence-corrected chi connectivity index (χ3v) is 16.6. The lowest BCUT2D eigenvalue weighted by atomic mass is 10.2. The Morgan fingerprint density at radius 3 is 0.597 bits per heavy atom. The van der Waals surface area contributed by atoms with Crippen LogP contribution in [0.1, 0.15) is 22.3 Å². The quantitative estimate of drug-likeness (QED) is 0.0850. The Kier molecular flexibility index (Phi) is 21.7. The zero-order chi connectivity index (χ0) is 52.6. The maximum atomic E-state index is 8.49. The lowest BCUT2D eigenvalue weighted by Gasteiger charge is -2.17. The van der Waals surface area contributed by atoms with Gasteiger partial charge in [0, 0.05) is 0 Å². The molecule has 72 heavy (non-hydrogen) atoms. The van der Waals surface area contributed by atoms with E-state index in [-0.39, 0.29) is 43.0 Å². The molecule has 0 aliphatic rings. The highest BCUT2D eigenvalue weighted by Crippen LogP contribution is 2.35. The first-order valence-electron chi connectivity index (χ1n) is 20.8. The van der Waals surface area contributed by atoms with E-state index in [1.165, 1.54) is 58.8 Å². The average molecular weight is 1190 g/mol. The Labute approximate surface area is 439 Å². The minimum absolute atomic E-state index is 0.196. The second kappa shape index (κ2) is 26.9. The second-order valence-corrected chi connectivity index (χ2v) is 24.5. The summed E-state index contributed by atoms with van der Waals surface area (Å²) in [4.78, 5) is 7.78. The summed E-state index contributed by atoms with van der Waals surface area (Å²) in [5, 5.41) is 0. The van der Waals surface area contributed by atoms with Crippen LogP contribution in [-0.4, -0.2) is 0 Å². The molecule has 0 unspecified atom stereocenters. The highest BCUT2D eigenvalue weighted by atomic mass is 127. The zero-order valence-electron chi connectivity index (χ0n) is 38.5. The van der Waals surface area contributed by atoms with E-state index < -0.39 is 30.7 Å². The molecule has 0 spiro atoms. The van der Waals surface area contributed by atoms with Crippen LogP contribution >= 0.6 is 0 Å². The van der Waals surface area contributed by atoms with E-state index in [1.807, 2.05) is 0 Å². The molecule has 0 saturated heterocycles. The van der Waals surface area contributed by atoms with Gasteiger partial charge < -0.3 is 9.47 Å². The SMILES string of the molecule is Cc1ccc([S+](c2ccc(C)cc2)c2ccc(Oc3ccc([I+]c4ccc(Oc5ccc([S+](c6ccc(C)cc6)c6ccc(C)cc6)cc5)cc4)cc3)cc2)cc1.[O-][Cl+3]([O-])([O-])[O-].[O-][Cl+3]([O-])([O-])[O-].[O-][Cl+3]([O-])([O-])[O-]. The van der Waals surface area contributed by atoms with E-state index in [2.05, 4.69) is 222 Å². The fourth-order valence-electron chi connectivity index (χ4n) is 6.33. The maximum absolute atomic E-state index is 8.49. The van der Waals surface area contributed by atoms with E-state index in [1.54, 1.807) is 0 Å². The van der Waals surface area contributed by atoms with Gasteiger partial charge in [-0.2, -0.15) is 0 Å². The molecule has 0 aromatic heterocycles. The molecule has 0 aliphatic heterocycles. The Balaban J connectivity index is 0.000000563. The largest absolute Gasteiger partial charge is 0.457 e. The van der Waals surface area contributed by atoms with Crippen LogP contribution < -0.4 is 86.6 Å². The van der Waals surface area contributed by atoms with Crippen molar-refractivity contribution in [1.29, 1.82) is 0 Å². The summed E-state index contributed by atoms with van der Waals surface area (Å²) < 4.78 is 117. The first-order valence-corrected chi connectivity index (χ1v) is 29.2. The van der Waals surface area contributed by atoms with Gasteiger partial charge in [0.15, 0.2) is 36.5 Å². The van der Waals surface area contributed by atoms with Crippen molar-refractivity contribution in [2.24, 2.45) is 0 Å². The van der Waals surface area contributed by atoms with Crippen LogP contribution in [0.15, 0.2) is 223 Å². The molecule has 14 nitrogen and oxygen atoms in total. The number of aryl methyl sites for hydroxylation is 4. The summed E-state index contributed by atoms with van der Waals surface area (Å²) in [5.74, 6) is 3.35. The van der Waals surface area contributed by atoms with Gasteiger partial charge in [0.25, 0.3) is 0 Å². The van der Waals surface area contributed by atoms with Crippen LogP contribution in [0.25, 0.3) is 0 Å². The molecule has 0 bridgehead atoms. The van der Waals surface area contributed by atoms with E-state index in [9.17, 15) is 0 Å². The minimum Gasteiger partial charge on any atom is -0.457 e. The molecule has 0 aliphatic carbocycles. The van der Waals surface area contributed by atoms with Crippen molar-refractivity contribution < 1.29 is 117 Å². The summed E-state index contributed by atoms with van der Waals surface area (Å²) in [6, 6.07) is 69.9. The number of hydrogen-bond donors (Lipinski definition) is 0. The van der Waals surface area contributed by atoms with Crippen molar-refractivity contribution in [2.75, 3.05) is 0 Å². The van der Waals surface area contributed by atoms with E-state index in [0.717, 1.165) is 23.0 Å². The molecule has 0 radical (unpaired) electrons. The van der Waals surface area contributed by atoms with E-state index in [4.69, 9.17) is 65.4 Å². The van der Waals surface area contributed by atoms with Gasteiger partial charge >= 0.3 is 21.2 Å². The van der Waals surface area contributed by atoms with Crippen LogP contribution in [0.2, 0.25) is 0 Å². The number of benzene rings is 8. The Hall–Kier alpha value is -4.82. The second-order valence-electron chi connectivity index (χ2n) is 15.1. The highest BCUT2D eigenvalue weighted by molar-refractivity contribution is 7.97. The normalized spacial score (nSPS) is 11.4. The zero-order valence-corrected chi connectivity index (χ0v) is 44.6. The van der Waals surface area contributed by atoms with Crippen molar-refractivity contribution in [3.63, 3.8) is 0 Å². The van der Waals surface area contributed by atoms with Gasteiger partial charge in [0.1, 0.15) is 23.0 Å². The number of ether oxygens (including phenoxy) is 2. The first-order chi connectivity index (χ1) is 33.8. The first kappa shape index (κ1) is 58.1. The van der Waals surface area contributed by atoms with Crippen LogP contribution in [0.3, 0.4) is 0 Å². The molecular formula is C52H44Cl3IO14S2. The molecular weight excluding hydrogens is 1150 g/mol. The fraction of sp³-hybridized carbons (Fsp3) is 0.0769. The van der Waals surface area contributed by atoms with Crippen molar-refractivity contribution in [3.8, 4) is 23.0 Å². The van der Waals surface area contributed by atoms with Crippen molar-refractivity contribution >= 4 is 21.8 Å². The maximum Gasteiger partial charge on any atom is 0.357 e. The van der Waals surface area contributed by atoms with E-state index in [0.29, 0.717) is 0 Å². The van der Waals surface area contributed by atoms with Crippen LogP contribution in [0.4, 0.5) is 0 Å². The summed E-state index contributed by atoms with van der Waals surface area (Å²) in [6.07, 6.45) is 0. The molecule has 0 N–H and O–H groups in total. The predicted octanol–water partition coefficient (Wildman–Crippen LogP) is -3.44. The third-order valence-electron chi connectivity index (χ3n) is 9.46. The summed E-state index contributed by atoms with van der Waals surface area (Å²) in [5.41, 5.74) is 5.08. The minimum atomic E-state index is -4.94. The van der Waals surface area contributed by atoms with Crippen LogP contribution in [-0.2, 0) is 21.8 Å². The smallest absolute Gasteiger partial charge is 0.357 e. The Morgan fingerprint density at radius 2 is 0.417 bits per heavy atom. The van der Waals surface area contributed by atoms with Gasteiger partial charge in [-0.3, -0.25) is 0 Å². The predicted molar refractivity (Wildman–Crippen MR) is 232 cm³/mol. The van der Waals surface area contributed by atoms with Crippen molar-refractivity contribution in [2.45, 2.75) is 57.1 Å². The van der Waals surface area contributed by atoms with Gasteiger partial charge in [-0.1, -0.05) is 70.8 Å². The van der Waals surface area contributed by atoms with Crippen LogP contribution in [0.5, 0.6) is 23.0 Å². The summed E-state index contributed by atoms with van der Waals surface area (Å²) >= 11 is -0.350. The average Bonchev–Trinajstić information content (AvgIpc) is 3.30. The lowest BCUT2D eigenvalue weighted by molar-refractivity contribution is -2.00. The lowest BCUT2D eigenvalue weighted by Crippen LogP contribution is -3.61. The topological polar surface area (TPSA) is 295 Å². The van der Waals surface area contributed by atoms with Gasteiger partial charge in [-0.05, 0) is 173 Å². The molecule has 0 fully saturated rings. The molecule has 20 heteroatoms. The standard InChI is InChI=1S/C52H44IO2S2.3ClHO4/c1-37-5-25-47(26-6-37)56(48-27-7-38(2)8-28-48)51-33-21-45(22-34-51)54-43-17-13-41(14-18-43)53-42-15-19-44(20-16-42)55-46-23-35-52(36-24-46)57(49-29-9-39(3)10-30-49)50-31-11-40(4)12-32-50;3*2-1(3,4)5/h5-36H,1-4H3;3*(H,2,3,4,5)/q+3;;;/p-3. The molecule has 8 aromatic carbocycles. The summed E-state index contributed by atoms with van der Waals surface area (Å²) in [6.45, 7) is 8.54. The van der Waals surface area contributed by atoms with Crippen LogP contribution in [0, 0.1) is 65.6 Å². The molecule has 0 heterocycles. The molecule has 8 aromatic rings. The highest BCUT2D eigenvalue weighted by Gasteiger charge is 2.30. The number of hydrogen-bond acceptors (Lipinski definition) is 14. The molecule has 8 rings (SSSR count). The molecule has 0 amide bonds. The van der Waals surface area contributed by atoms with E-state index >= 15 is 0 Å². The Morgan fingerprint density at radius 1 is 0.264 bits per heavy atom. The van der Waals surface area contributed by atoms with Crippen molar-refractivity contribution in [1.82, 2.24) is 0 Å². The monoisotopic (exact) mass is 1190 g/mol. The van der Waals surface area contributed by atoms with Gasteiger partial charge in [-0.15, -0.1) is 30.7 Å². The molecule has 0 atom stereocenters.